The van der Waals surface area contributed by atoms with Crippen molar-refractivity contribution in [2.75, 3.05) is 5.75 Å². The molecule has 0 aliphatic heterocycles. The van der Waals surface area contributed by atoms with Gasteiger partial charge in [-0.05, 0) is 56.9 Å². The van der Waals surface area contributed by atoms with Crippen LogP contribution in [0.15, 0.2) is 9.95 Å². The van der Waals surface area contributed by atoms with Gasteiger partial charge in [0.05, 0.1) is 11.1 Å². The molecule has 4 rings (SSSR count). The lowest BCUT2D eigenvalue weighted by Gasteiger charge is -2.13. The summed E-state index contributed by atoms with van der Waals surface area (Å²) in [6, 6.07) is 0.247. The average Bonchev–Trinajstić information content (AvgIpc) is 3.38. The highest BCUT2D eigenvalue weighted by molar-refractivity contribution is 7.99. The Labute approximate surface area is 155 Å². The number of aryl methyl sites for hydroxylation is 2. The zero-order chi connectivity index (χ0) is 17.6. The fourth-order valence-electron chi connectivity index (χ4n) is 3.54. The Bertz CT molecular complexity index is 883. The van der Waals surface area contributed by atoms with Gasteiger partial charge in [-0.3, -0.25) is 14.2 Å². The second-order valence-electron chi connectivity index (χ2n) is 7.13. The third kappa shape index (κ3) is 3.36. The maximum absolute atomic E-state index is 12.8. The maximum atomic E-state index is 12.8. The molecule has 134 valence electrons. The van der Waals surface area contributed by atoms with Crippen LogP contribution in [0.4, 0.5) is 0 Å². The number of nitrogens with one attached hydrogen (secondary N) is 1. The predicted molar refractivity (Wildman–Crippen MR) is 103 cm³/mol. The normalized spacial score (nSPS) is 18.2. The van der Waals surface area contributed by atoms with Gasteiger partial charge in [-0.15, -0.1) is 11.3 Å². The van der Waals surface area contributed by atoms with Crippen LogP contribution in [0.5, 0.6) is 0 Å². The molecule has 0 unspecified atom stereocenters. The van der Waals surface area contributed by atoms with E-state index in [0.29, 0.717) is 16.8 Å². The van der Waals surface area contributed by atoms with Crippen LogP contribution in [0.25, 0.3) is 10.2 Å². The molecule has 0 spiro atoms. The van der Waals surface area contributed by atoms with Crippen LogP contribution in [0.2, 0.25) is 0 Å². The molecule has 2 heterocycles. The van der Waals surface area contributed by atoms with Gasteiger partial charge < -0.3 is 5.32 Å². The lowest BCUT2D eigenvalue weighted by atomic mass is 9.97. The van der Waals surface area contributed by atoms with Gasteiger partial charge in [0.15, 0.2) is 5.16 Å². The number of nitrogens with zero attached hydrogens (tertiary/aromatic N) is 2. The smallest absolute Gasteiger partial charge is 0.262 e. The number of aromatic nitrogens is 2. The van der Waals surface area contributed by atoms with E-state index in [2.05, 4.69) is 12.2 Å². The predicted octanol–water partition coefficient (Wildman–Crippen LogP) is 2.88. The quantitative estimate of drug-likeness (QED) is 0.643. The van der Waals surface area contributed by atoms with Crippen molar-refractivity contribution in [3.05, 3.63) is 20.8 Å². The molecule has 1 fully saturated rings. The molecule has 0 aromatic carbocycles. The molecular weight excluding hydrogens is 354 g/mol. The summed E-state index contributed by atoms with van der Waals surface area (Å²) >= 11 is 3.01. The largest absolute Gasteiger partial charge is 0.353 e. The zero-order valence-corrected chi connectivity index (χ0v) is 16.3. The molecule has 2 aliphatic rings. The van der Waals surface area contributed by atoms with Crippen molar-refractivity contribution < 1.29 is 4.79 Å². The van der Waals surface area contributed by atoms with Gasteiger partial charge in [0.2, 0.25) is 5.91 Å². The minimum Gasteiger partial charge on any atom is -0.353 e. The first kappa shape index (κ1) is 17.1. The third-order valence-electron chi connectivity index (χ3n) is 5.21. The highest BCUT2D eigenvalue weighted by Crippen LogP contribution is 2.35. The van der Waals surface area contributed by atoms with E-state index in [1.54, 1.807) is 23.0 Å². The lowest BCUT2D eigenvalue weighted by Crippen LogP contribution is -2.35. The van der Waals surface area contributed by atoms with Crippen LogP contribution in [0.1, 0.15) is 43.0 Å². The molecule has 2 aliphatic carbocycles. The van der Waals surface area contributed by atoms with E-state index in [1.165, 1.54) is 41.5 Å². The van der Waals surface area contributed by atoms with Gasteiger partial charge in [0, 0.05) is 18.0 Å². The van der Waals surface area contributed by atoms with Crippen molar-refractivity contribution in [1.29, 1.82) is 0 Å². The molecular formula is C18H23N3O2S2. The summed E-state index contributed by atoms with van der Waals surface area (Å²) < 4.78 is 1.60. The highest BCUT2D eigenvalue weighted by Gasteiger charge is 2.29. The summed E-state index contributed by atoms with van der Waals surface area (Å²) in [7, 11) is 1.76. The SMILES string of the molecule is C[C@H](NC(=O)CSc1nc2sc3c(c2c(=O)n1C)CCCC3)C1CC1. The molecule has 1 saturated carbocycles. The van der Waals surface area contributed by atoms with Crippen LogP contribution in [0, 0.1) is 5.92 Å². The second kappa shape index (κ2) is 6.76. The average molecular weight is 378 g/mol. The summed E-state index contributed by atoms with van der Waals surface area (Å²) in [5.41, 5.74) is 1.24. The van der Waals surface area contributed by atoms with Crippen molar-refractivity contribution in [2.45, 2.75) is 56.6 Å². The molecule has 1 N–H and O–H groups in total. The van der Waals surface area contributed by atoms with Gasteiger partial charge in [-0.2, -0.15) is 0 Å². The van der Waals surface area contributed by atoms with Crippen molar-refractivity contribution in [1.82, 2.24) is 14.9 Å². The van der Waals surface area contributed by atoms with E-state index in [1.807, 2.05) is 0 Å². The first-order valence-corrected chi connectivity index (χ1v) is 10.8. The number of rotatable bonds is 5. The number of carbonyl (C=O) groups excluding carboxylic acids is 1. The highest BCUT2D eigenvalue weighted by atomic mass is 32.2. The number of thiophene rings is 1. The number of hydrogen-bond acceptors (Lipinski definition) is 5. The number of amides is 1. The first-order valence-electron chi connectivity index (χ1n) is 8.98. The molecule has 5 nitrogen and oxygen atoms in total. The topological polar surface area (TPSA) is 64.0 Å². The van der Waals surface area contributed by atoms with Crippen molar-refractivity contribution in [3.63, 3.8) is 0 Å². The van der Waals surface area contributed by atoms with Crippen molar-refractivity contribution in [3.8, 4) is 0 Å². The van der Waals surface area contributed by atoms with Crippen molar-refractivity contribution >= 4 is 39.2 Å². The Morgan fingerprint density at radius 1 is 1.40 bits per heavy atom. The first-order chi connectivity index (χ1) is 12.0. The van der Waals surface area contributed by atoms with Gasteiger partial charge >= 0.3 is 0 Å². The summed E-state index contributed by atoms with van der Waals surface area (Å²) in [6.07, 6.45) is 6.82. The van der Waals surface area contributed by atoms with Gasteiger partial charge in [-0.1, -0.05) is 11.8 Å². The van der Waals surface area contributed by atoms with Crippen LogP contribution >= 0.6 is 23.1 Å². The summed E-state index contributed by atoms with van der Waals surface area (Å²) in [5.74, 6) is 0.961. The number of thioether (sulfide) groups is 1. The summed E-state index contributed by atoms with van der Waals surface area (Å²) in [6.45, 7) is 2.07. The van der Waals surface area contributed by atoms with Gasteiger partial charge in [0.25, 0.3) is 5.56 Å². The third-order valence-corrected chi connectivity index (χ3v) is 7.42. The molecule has 2 aromatic rings. The van der Waals surface area contributed by atoms with E-state index in [9.17, 15) is 9.59 Å². The van der Waals surface area contributed by atoms with Crippen LogP contribution < -0.4 is 10.9 Å². The molecule has 0 saturated heterocycles. The van der Waals surface area contributed by atoms with Crippen molar-refractivity contribution in [2.24, 2.45) is 13.0 Å². The van der Waals surface area contributed by atoms with E-state index >= 15 is 0 Å². The van der Waals surface area contributed by atoms with Crippen LogP contribution in [-0.2, 0) is 24.7 Å². The Kier molecular flexibility index (Phi) is 4.62. The Balaban J connectivity index is 1.54. The fraction of sp³-hybridized carbons (Fsp3) is 0.611. The number of carbonyl (C=O) groups is 1. The zero-order valence-electron chi connectivity index (χ0n) is 14.6. The van der Waals surface area contributed by atoms with E-state index in [4.69, 9.17) is 4.98 Å². The minimum absolute atomic E-state index is 0.0178. The van der Waals surface area contributed by atoms with E-state index in [-0.39, 0.29) is 17.5 Å². The summed E-state index contributed by atoms with van der Waals surface area (Å²) in [5, 5.41) is 4.48. The molecule has 0 bridgehead atoms. The molecule has 7 heteroatoms. The second-order valence-corrected chi connectivity index (χ2v) is 9.16. The van der Waals surface area contributed by atoms with Crippen LogP contribution in [-0.4, -0.2) is 27.3 Å². The summed E-state index contributed by atoms with van der Waals surface area (Å²) in [4.78, 5) is 31.8. The van der Waals surface area contributed by atoms with Crippen LogP contribution in [0.3, 0.4) is 0 Å². The van der Waals surface area contributed by atoms with E-state index < -0.39 is 0 Å². The number of hydrogen-bond donors (Lipinski definition) is 1. The lowest BCUT2D eigenvalue weighted by molar-refractivity contribution is -0.119. The maximum Gasteiger partial charge on any atom is 0.262 e. The fourth-order valence-corrected chi connectivity index (χ4v) is 5.62. The van der Waals surface area contributed by atoms with Gasteiger partial charge in [-0.25, -0.2) is 4.98 Å². The molecule has 2 aromatic heterocycles. The van der Waals surface area contributed by atoms with E-state index in [0.717, 1.165) is 29.5 Å². The number of fused-ring (bicyclic) bond motifs is 3. The standard InChI is InChI=1S/C18H23N3O2S2/c1-10(11-7-8-11)19-14(22)9-24-18-20-16-15(17(23)21(18)2)12-5-3-4-6-13(12)25-16/h10-11H,3-9H2,1-2H3,(H,19,22)/t10-/m0/s1. The Hall–Kier alpha value is -1.34. The van der Waals surface area contributed by atoms with Gasteiger partial charge in [0.1, 0.15) is 4.83 Å². The molecule has 1 atom stereocenters. The minimum atomic E-state index is 0.0178. The Morgan fingerprint density at radius 2 is 2.16 bits per heavy atom. The molecule has 1 amide bonds. The Morgan fingerprint density at radius 3 is 2.92 bits per heavy atom. The molecule has 25 heavy (non-hydrogen) atoms. The molecule has 0 radical (unpaired) electrons. The monoisotopic (exact) mass is 377 g/mol.